The van der Waals surface area contributed by atoms with Gasteiger partial charge in [0, 0.05) is 0 Å². The lowest BCUT2D eigenvalue weighted by molar-refractivity contribution is 0.319. The molecule has 3 N–H and O–H groups in total. The summed E-state index contributed by atoms with van der Waals surface area (Å²) in [5.74, 6) is 0.814. The Morgan fingerprint density at radius 3 is 2.52 bits per heavy atom. The van der Waals surface area contributed by atoms with E-state index < -0.39 is 0 Å². The second-order valence-corrected chi connectivity index (χ2v) is 5.63. The molecule has 120 valence electrons. The van der Waals surface area contributed by atoms with Crippen LogP contribution in [-0.2, 0) is 6.42 Å². The SMILES string of the molecule is CCCCCCNCCCc1ccc(OCCC)c(N)c1. The molecule has 0 spiro atoms. The number of benzene rings is 1. The molecule has 0 aliphatic heterocycles. The summed E-state index contributed by atoms with van der Waals surface area (Å²) in [7, 11) is 0. The fourth-order valence-corrected chi connectivity index (χ4v) is 2.32. The Morgan fingerprint density at radius 1 is 1.00 bits per heavy atom. The first-order valence-electron chi connectivity index (χ1n) is 8.49. The van der Waals surface area contributed by atoms with E-state index in [1.165, 1.54) is 31.2 Å². The van der Waals surface area contributed by atoms with Crippen molar-refractivity contribution in [2.24, 2.45) is 0 Å². The number of nitrogens with one attached hydrogen (secondary N) is 1. The third kappa shape index (κ3) is 7.96. The van der Waals surface area contributed by atoms with E-state index in [1.54, 1.807) is 0 Å². The second kappa shape index (κ2) is 11.4. The number of anilines is 1. The van der Waals surface area contributed by atoms with Crippen LogP contribution >= 0.6 is 0 Å². The van der Waals surface area contributed by atoms with E-state index in [4.69, 9.17) is 10.5 Å². The Morgan fingerprint density at radius 2 is 1.81 bits per heavy atom. The highest BCUT2D eigenvalue weighted by Gasteiger charge is 2.02. The molecule has 1 aromatic rings. The van der Waals surface area contributed by atoms with Gasteiger partial charge in [-0.05, 0) is 56.5 Å². The Bertz CT molecular complexity index is 379. The molecule has 0 fully saturated rings. The maximum absolute atomic E-state index is 6.02. The normalized spacial score (nSPS) is 10.8. The zero-order chi connectivity index (χ0) is 15.3. The highest BCUT2D eigenvalue weighted by atomic mass is 16.5. The topological polar surface area (TPSA) is 47.3 Å². The van der Waals surface area contributed by atoms with Crippen molar-refractivity contribution in [2.75, 3.05) is 25.4 Å². The van der Waals surface area contributed by atoms with E-state index in [0.717, 1.165) is 50.4 Å². The smallest absolute Gasteiger partial charge is 0.142 e. The van der Waals surface area contributed by atoms with Gasteiger partial charge in [0.25, 0.3) is 0 Å². The van der Waals surface area contributed by atoms with Crippen LogP contribution < -0.4 is 15.8 Å². The predicted octanol–water partition coefficient (Wildman–Crippen LogP) is 4.16. The van der Waals surface area contributed by atoms with Crippen LogP contribution in [0.2, 0.25) is 0 Å². The van der Waals surface area contributed by atoms with Crippen molar-refractivity contribution in [3.8, 4) is 5.75 Å². The van der Waals surface area contributed by atoms with E-state index in [0.29, 0.717) is 0 Å². The van der Waals surface area contributed by atoms with Crippen molar-refractivity contribution in [1.29, 1.82) is 0 Å². The lowest BCUT2D eigenvalue weighted by atomic mass is 10.1. The Kier molecular flexibility index (Phi) is 9.71. The highest BCUT2D eigenvalue weighted by molar-refractivity contribution is 5.54. The monoisotopic (exact) mass is 292 g/mol. The fourth-order valence-electron chi connectivity index (χ4n) is 2.32. The van der Waals surface area contributed by atoms with E-state index in [2.05, 4.69) is 25.2 Å². The number of unbranched alkanes of at least 4 members (excludes halogenated alkanes) is 3. The van der Waals surface area contributed by atoms with Crippen molar-refractivity contribution in [3.05, 3.63) is 23.8 Å². The Labute approximate surface area is 130 Å². The molecule has 0 heterocycles. The maximum Gasteiger partial charge on any atom is 0.142 e. The Balaban J connectivity index is 2.16. The molecule has 1 rings (SSSR count). The summed E-state index contributed by atoms with van der Waals surface area (Å²) in [4.78, 5) is 0. The highest BCUT2D eigenvalue weighted by Crippen LogP contribution is 2.23. The van der Waals surface area contributed by atoms with Crippen molar-refractivity contribution >= 4 is 5.69 Å². The summed E-state index contributed by atoms with van der Waals surface area (Å²) >= 11 is 0. The van der Waals surface area contributed by atoms with E-state index >= 15 is 0 Å². The van der Waals surface area contributed by atoms with Crippen LogP contribution in [0.4, 0.5) is 5.69 Å². The van der Waals surface area contributed by atoms with E-state index in [-0.39, 0.29) is 0 Å². The number of hydrogen-bond donors (Lipinski definition) is 2. The first-order chi connectivity index (χ1) is 10.3. The zero-order valence-corrected chi connectivity index (χ0v) is 13.8. The minimum absolute atomic E-state index is 0.728. The van der Waals surface area contributed by atoms with Crippen LogP contribution in [0.3, 0.4) is 0 Å². The molecule has 3 heteroatoms. The molecule has 0 saturated heterocycles. The summed E-state index contributed by atoms with van der Waals surface area (Å²) in [6.07, 6.45) is 8.53. The number of ether oxygens (including phenoxy) is 1. The largest absolute Gasteiger partial charge is 0.491 e. The van der Waals surface area contributed by atoms with Gasteiger partial charge in [0.05, 0.1) is 12.3 Å². The van der Waals surface area contributed by atoms with Gasteiger partial charge in [-0.25, -0.2) is 0 Å². The predicted molar refractivity (Wildman–Crippen MR) is 92.0 cm³/mol. The Hall–Kier alpha value is -1.22. The number of nitrogens with two attached hydrogens (primary N) is 1. The number of aryl methyl sites for hydroxylation is 1. The van der Waals surface area contributed by atoms with Crippen LogP contribution in [0.25, 0.3) is 0 Å². The minimum atomic E-state index is 0.728. The molecule has 0 bridgehead atoms. The average molecular weight is 292 g/mol. The lowest BCUT2D eigenvalue weighted by Gasteiger charge is -2.10. The summed E-state index contributed by atoms with van der Waals surface area (Å²) in [5.41, 5.74) is 8.07. The van der Waals surface area contributed by atoms with Gasteiger partial charge in [0.15, 0.2) is 0 Å². The van der Waals surface area contributed by atoms with Crippen molar-refractivity contribution in [1.82, 2.24) is 5.32 Å². The van der Waals surface area contributed by atoms with Crippen LogP contribution in [0, 0.1) is 0 Å². The molecule has 0 aromatic heterocycles. The van der Waals surface area contributed by atoms with Gasteiger partial charge in [-0.2, -0.15) is 0 Å². The number of rotatable bonds is 12. The molecule has 21 heavy (non-hydrogen) atoms. The third-order valence-electron chi connectivity index (χ3n) is 3.56. The molecule has 0 atom stereocenters. The van der Waals surface area contributed by atoms with Crippen LogP contribution in [0.1, 0.15) is 57.9 Å². The summed E-state index contributed by atoms with van der Waals surface area (Å²) in [6.45, 7) is 7.30. The minimum Gasteiger partial charge on any atom is -0.491 e. The maximum atomic E-state index is 6.02. The third-order valence-corrected chi connectivity index (χ3v) is 3.56. The van der Waals surface area contributed by atoms with E-state index in [1.807, 2.05) is 12.1 Å². The van der Waals surface area contributed by atoms with Gasteiger partial charge in [-0.1, -0.05) is 39.2 Å². The van der Waals surface area contributed by atoms with Crippen molar-refractivity contribution in [2.45, 2.75) is 58.8 Å². The molecular weight excluding hydrogens is 260 g/mol. The average Bonchev–Trinajstić information content (AvgIpc) is 2.49. The first kappa shape index (κ1) is 17.8. The number of nitrogen functional groups attached to an aromatic ring is 1. The zero-order valence-electron chi connectivity index (χ0n) is 13.8. The molecule has 1 aromatic carbocycles. The fraction of sp³-hybridized carbons (Fsp3) is 0.667. The van der Waals surface area contributed by atoms with Gasteiger partial charge in [0.2, 0.25) is 0 Å². The second-order valence-electron chi connectivity index (χ2n) is 5.63. The summed E-state index contributed by atoms with van der Waals surface area (Å²) < 4.78 is 5.59. The molecule has 0 radical (unpaired) electrons. The molecular formula is C18H32N2O. The summed E-state index contributed by atoms with van der Waals surface area (Å²) in [5, 5.41) is 3.51. The van der Waals surface area contributed by atoms with Crippen molar-refractivity contribution < 1.29 is 4.74 Å². The van der Waals surface area contributed by atoms with Crippen LogP contribution in [-0.4, -0.2) is 19.7 Å². The van der Waals surface area contributed by atoms with Crippen molar-refractivity contribution in [3.63, 3.8) is 0 Å². The van der Waals surface area contributed by atoms with Crippen LogP contribution in [0.5, 0.6) is 5.75 Å². The first-order valence-corrected chi connectivity index (χ1v) is 8.49. The van der Waals surface area contributed by atoms with E-state index in [9.17, 15) is 0 Å². The summed E-state index contributed by atoms with van der Waals surface area (Å²) in [6, 6.07) is 6.17. The van der Waals surface area contributed by atoms with Gasteiger partial charge in [-0.15, -0.1) is 0 Å². The standard InChI is InChI=1S/C18H32N2O/c1-3-5-6-7-12-20-13-8-9-16-10-11-18(17(19)15-16)21-14-4-2/h10-11,15,20H,3-9,12-14,19H2,1-2H3. The van der Waals surface area contributed by atoms with Gasteiger partial charge < -0.3 is 15.8 Å². The molecule has 0 unspecified atom stereocenters. The molecule has 3 nitrogen and oxygen atoms in total. The van der Waals surface area contributed by atoms with Crippen LogP contribution in [0.15, 0.2) is 18.2 Å². The van der Waals surface area contributed by atoms with Gasteiger partial charge >= 0.3 is 0 Å². The molecule has 0 aliphatic carbocycles. The number of hydrogen-bond acceptors (Lipinski definition) is 3. The molecule has 0 amide bonds. The molecule has 0 saturated carbocycles. The lowest BCUT2D eigenvalue weighted by Crippen LogP contribution is -2.17. The molecule has 0 aliphatic rings. The quantitative estimate of drug-likeness (QED) is 0.449. The van der Waals surface area contributed by atoms with Gasteiger partial charge in [-0.3, -0.25) is 0 Å². The van der Waals surface area contributed by atoms with Gasteiger partial charge in [0.1, 0.15) is 5.75 Å².